The smallest absolute Gasteiger partial charge is 0.215 e. The van der Waals surface area contributed by atoms with Gasteiger partial charge >= 0.3 is 0 Å². The van der Waals surface area contributed by atoms with Crippen LogP contribution >= 0.6 is 0 Å². The Balaban J connectivity index is 1.65. The molecule has 0 saturated carbocycles. The van der Waals surface area contributed by atoms with Gasteiger partial charge in [-0.25, -0.2) is 10.0 Å². The molecule has 0 aromatic carbocycles. The molecule has 0 radical (unpaired) electrons. The summed E-state index contributed by atoms with van der Waals surface area (Å²) in [6.45, 7) is 3.13. The minimum atomic E-state index is 0.00656. The van der Waals surface area contributed by atoms with Crippen LogP contribution in [0.5, 0.6) is 0 Å². The third-order valence-corrected chi connectivity index (χ3v) is 5.20. The van der Waals surface area contributed by atoms with E-state index in [1.165, 1.54) is 5.71 Å². The number of methoxy groups -OCH3 is 2. The largest absolute Gasteiger partial charge is 0.498 e. The molecule has 0 aromatic heterocycles. The van der Waals surface area contributed by atoms with Gasteiger partial charge in [-0.1, -0.05) is 0 Å². The average molecular weight is 335 g/mol. The highest BCUT2D eigenvalue weighted by atomic mass is 16.5. The van der Waals surface area contributed by atoms with Crippen LogP contribution in [0.4, 0.5) is 0 Å². The number of nitrogens with zero attached hydrogens (tertiary/aromatic N) is 5. The van der Waals surface area contributed by atoms with E-state index in [4.69, 9.17) is 14.5 Å². The predicted molar refractivity (Wildman–Crippen MR) is 94.4 cm³/mol. The highest BCUT2D eigenvalue weighted by molar-refractivity contribution is 5.83. The maximum atomic E-state index is 5.53. The molecule has 1 aliphatic carbocycles. The van der Waals surface area contributed by atoms with Crippen LogP contribution in [-0.2, 0) is 9.47 Å². The number of aliphatic imine (C=N–C) groups is 1. The Kier molecular flexibility index (Phi) is 4.99. The van der Waals surface area contributed by atoms with Crippen LogP contribution in [0.3, 0.4) is 0 Å². The van der Waals surface area contributed by atoms with Gasteiger partial charge in [0.1, 0.15) is 24.0 Å². The van der Waals surface area contributed by atoms with Crippen LogP contribution < -0.4 is 0 Å². The summed E-state index contributed by atoms with van der Waals surface area (Å²) >= 11 is 0. The summed E-state index contributed by atoms with van der Waals surface area (Å²) in [6, 6.07) is 0. The lowest BCUT2D eigenvalue weighted by molar-refractivity contribution is -0.00111. The molecule has 7 heteroatoms. The molecule has 0 aromatic rings. The van der Waals surface area contributed by atoms with Gasteiger partial charge in [-0.05, 0) is 26.3 Å². The number of rotatable bonds is 5. The lowest BCUT2D eigenvalue weighted by Gasteiger charge is -2.42. The molecule has 0 bridgehead atoms. The zero-order chi connectivity index (χ0) is 17.3. The van der Waals surface area contributed by atoms with Gasteiger partial charge in [-0.2, -0.15) is 5.10 Å². The summed E-state index contributed by atoms with van der Waals surface area (Å²) in [5, 5.41) is 6.67. The van der Waals surface area contributed by atoms with Crippen LogP contribution in [0.25, 0.3) is 0 Å². The van der Waals surface area contributed by atoms with Crippen molar-refractivity contribution in [3.63, 3.8) is 0 Å². The molecule has 0 saturated heterocycles. The highest BCUT2D eigenvalue weighted by Crippen LogP contribution is 2.32. The second-order valence-corrected chi connectivity index (χ2v) is 6.97. The van der Waals surface area contributed by atoms with Crippen LogP contribution in [0.1, 0.15) is 32.6 Å². The summed E-state index contributed by atoms with van der Waals surface area (Å²) in [6.07, 6.45) is 6.09. The molecule has 2 heterocycles. The fourth-order valence-electron chi connectivity index (χ4n) is 3.84. The van der Waals surface area contributed by atoms with Crippen molar-refractivity contribution in [2.24, 2.45) is 16.0 Å². The minimum Gasteiger partial charge on any atom is -0.498 e. The molecule has 0 amide bonds. The third kappa shape index (κ3) is 3.22. The fraction of sp³-hybridized carbons (Fsp3) is 0.765. The Labute approximate surface area is 144 Å². The third-order valence-electron chi connectivity index (χ3n) is 5.20. The van der Waals surface area contributed by atoms with E-state index in [1.807, 2.05) is 13.4 Å². The molecule has 3 atom stereocenters. The first kappa shape index (κ1) is 17.1. The molecule has 0 fully saturated rings. The van der Waals surface area contributed by atoms with Gasteiger partial charge in [0.15, 0.2) is 0 Å². The fourth-order valence-corrected chi connectivity index (χ4v) is 3.84. The number of hydrogen-bond donors (Lipinski definition) is 0. The van der Waals surface area contributed by atoms with Crippen molar-refractivity contribution in [3.05, 3.63) is 11.5 Å². The van der Waals surface area contributed by atoms with E-state index in [-0.39, 0.29) is 12.5 Å². The van der Waals surface area contributed by atoms with E-state index >= 15 is 0 Å². The normalized spacial score (nSPS) is 29.9. The standard InChI is InChI=1S/C17H29N5O2/c1-12-8-16(22-17(19-12)21(3)11-18-22)20(2)10-13-6-7-14(23-4)15(9-13)24-5/h11,13,16-17H,6-10H2,1-5H3. The second-order valence-electron chi connectivity index (χ2n) is 6.97. The second kappa shape index (κ2) is 7.01. The minimum absolute atomic E-state index is 0.00656. The van der Waals surface area contributed by atoms with Crippen LogP contribution in [0.2, 0.25) is 0 Å². The zero-order valence-corrected chi connectivity index (χ0v) is 15.4. The van der Waals surface area contributed by atoms with Crippen molar-refractivity contribution >= 4 is 12.1 Å². The number of allylic oxidation sites excluding steroid dienone is 2. The summed E-state index contributed by atoms with van der Waals surface area (Å²) in [7, 11) is 7.68. The van der Waals surface area contributed by atoms with E-state index in [2.05, 4.69) is 33.9 Å². The van der Waals surface area contributed by atoms with E-state index < -0.39 is 0 Å². The zero-order valence-electron chi connectivity index (χ0n) is 15.4. The highest BCUT2D eigenvalue weighted by Gasteiger charge is 2.37. The Hall–Kier alpha value is -1.76. The molecule has 24 heavy (non-hydrogen) atoms. The van der Waals surface area contributed by atoms with Gasteiger partial charge in [-0.3, -0.25) is 4.90 Å². The number of hydrazone groups is 1. The number of fused-ring (bicyclic) bond motifs is 1. The average Bonchev–Trinajstić information content (AvgIpc) is 2.95. The van der Waals surface area contributed by atoms with Gasteiger partial charge in [0.05, 0.1) is 14.2 Å². The quantitative estimate of drug-likeness (QED) is 0.768. The van der Waals surface area contributed by atoms with Crippen LogP contribution in [-0.4, -0.2) is 74.2 Å². The monoisotopic (exact) mass is 335 g/mol. The Morgan fingerprint density at radius 2 is 2.00 bits per heavy atom. The van der Waals surface area contributed by atoms with Gasteiger partial charge in [0.2, 0.25) is 6.29 Å². The molecule has 2 aliphatic heterocycles. The molecule has 7 nitrogen and oxygen atoms in total. The number of hydrogen-bond acceptors (Lipinski definition) is 7. The van der Waals surface area contributed by atoms with E-state index in [1.54, 1.807) is 14.2 Å². The Morgan fingerprint density at radius 1 is 1.25 bits per heavy atom. The molecule has 3 unspecified atom stereocenters. The van der Waals surface area contributed by atoms with E-state index in [0.717, 1.165) is 43.7 Å². The Bertz CT molecular complexity index is 559. The van der Waals surface area contributed by atoms with Crippen LogP contribution in [0, 0.1) is 5.92 Å². The van der Waals surface area contributed by atoms with Crippen molar-refractivity contribution < 1.29 is 9.47 Å². The van der Waals surface area contributed by atoms with Crippen molar-refractivity contribution in [2.75, 3.05) is 34.9 Å². The molecule has 0 N–H and O–H groups in total. The Morgan fingerprint density at radius 3 is 2.71 bits per heavy atom. The maximum Gasteiger partial charge on any atom is 0.215 e. The molecule has 0 spiro atoms. The van der Waals surface area contributed by atoms with Crippen molar-refractivity contribution in [1.82, 2.24) is 14.8 Å². The SMILES string of the molecule is COC1=C(OC)CC(CN(C)C2CC(C)=NC3N(C)C=NN32)CC1. The first-order valence-corrected chi connectivity index (χ1v) is 8.61. The van der Waals surface area contributed by atoms with Gasteiger partial charge in [0, 0.05) is 38.6 Å². The summed E-state index contributed by atoms with van der Waals surface area (Å²) in [4.78, 5) is 9.19. The van der Waals surface area contributed by atoms with Gasteiger partial charge in [0.25, 0.3) is 0 Å². The molecule has 3 aliphatic rings. The molecule has 3 rings (SSSR count). The molecular formula is C17H29N5O2. The van der Waals surface area contributed by atoms with Gasteiger partial charge < -0.3 is 14.4 Å². The van der Waals surface area contributed by atoms with E-state index in [0.29, 0.717) is 5.92 Å². The van der Waals surface area contributed by atoms with Gasteiger partial charge in [-0.15, -0.1) is 0 Å². The first-order valence-electron chi connectivity index (χ1n) is 8.61. The van der Waals surface area contributed by atoms with Crippen molar-refractivity contribution in [3.8, 4) is 0 Å². The summed E-state index contributed by atoms with van der Waals surface area (Å²) < 4.78 is 11.0. The maximum absolute atomic E-state index is 5.53. The molecular weight excluding hydrogens is 306 g/mol. The van der Waals surface area contributed by atoms with Crippen molar-refractivity contribution in [1.29, 1.82) is 0 Å². The van der Waals surface area contributed by atoms with E-state index in [9.17, 15) is 0 Å². The summed E-state index contributed by atoms with van der Waals surface area (Å²) in [5.74, 6) is 2.58. The lowest BCUT2D eigenvalue weighted by atomic mass is 9.91. The summed E-state index contributed by atoms with van der Waals surface area (Å²) in [5.41, 5.74) is 1.19. The first-order chi connectivity index (χ1) is 11.5. The molecule has 134 valence electrons. The lowest BCUT2D eigenvalue weighted by Crippen LogP contribution is -2.54. The topological polar surface area (TPSA) is 52.9 Å². The van der Waals surface area contributed by atoms with Crippen LogP contribution in [0.15, 0.2) is 21.6 Å². The van der Waals surface area contributed by atoms with Crippen molar-refractivity contribution in [2.45, 2.75) is 45.1 Å². The predicted octanol–water partition coefficient (Wildman–Crippen LogP) is 1.89. The number of ether oxygens (including phenoxy) is 2.